The molecule has 0 aromatic heterocycles. The fourth-order valence-corrected chi connectivity index (χ4v) is 1.77. The maximum Gasteiger partial charge on any atom is 0.407 e. The Balaban J connectivity index is 2.32. The predicted molar refractivity (Wildman–Crippen MR) is 88.6 cm³/mol. The number of ether oxygens (including phenoxy) is 2. The third kappa shape index (κ3) is 7.39. The molecule has 7 nitrogen and oxygen atoms in total. The number of nitrogen functional groups attached to an aromatic ring is 1. The molecule has 4 N–H and O–H groups in total. The molecule has 0 spiro atoms. The molecule has 7 heteroatoms. The van der Waals surface area contributed by atoms with E-state index in [2.05, 4.69) is 10.6 Å². The second-order valence-electron chi connectivity index (χ2n) is 6.03. The number of carbonyl (C=O) groups is 2. The van der Waals surface area contributed by atoms with Gasteiger partial charge in [0.05, 0.1) is 7.11 Å². The molecule has 0 fully saturated rings. The van der Waals surface area contributed by atoms with E-state index in [1.165, 1.54) is 7.11 Å². The monoisotopic (exact) mass is 323 g/mol. The minimum absolute atomic E-state index is 0.243. The minimum Gasteiger partial charge on any atom is -0.497 e. The summed E-state index contributed by atoms with van der Waals surface area (Å²) in [6.45, 7) is 6.23. The number of alkyl carbamates (subject to hydrolysis) is 1. The lowest BCUT2D eigenvalue weighted by Gasteiger charge is -2.19. The van der Waals surface area contributed by atoms with Crippen LogP contribution in [-0.2, 0) is 4.74 Å². The van der Waals surface area contributed by atoms with Crippen LogP contribution in [0.2, 0.25) is 0 Å². The summed E-state index contributed by atoms with van der Waals surface area (Å²) < 4.78 is 10.2. The zero-order valence-electron chi connectivity index (χ0n) is 14.1. The first-order valence-corrected chi connectivity index (χ1v) is 7.41. The SMILES string of the molecule is COc1cc(N)cc(C(=O)NCCCNC(=O)OC(C)(C)C)c1. The van der Waals surface area contributed by atoms with Crippen molar-refractivity contribution in [3.8, 4) is 5.75 Å². The van der Waals surface area contributed by atoms with E-state index < -0.39 is 11.7 Å². The lowest BCUT2D eigenvalue weighted by molar-refractivity contribution is 0.0527. The molecule has 23 heavy (non-hydrogen) atoms. The number of amides is 2. The molecule has 1 rings (SSSR count). The van der Waals surface area contributed by atoms with E-state index in [-0.39, 0.29) is 5.91 Å². The van der Waals surface area contributed by atoms with Crippen molar-refractivity contribution in [2.75, 3.05) is 25.9 Å². The zero-order chi connectivity index (χ0) is 17.5. The second-order valence-corrected chi connectivity index (χ2v) is 6.03. The quantitative estimate of drug-likeness (QED) is 0.548. The molecule has 0 unspecified atom stereocenters. The molecule has 0 aliphatic rings. The standard InChI is InChI=1S/C16H25N3O4/c1-16(2,3)23-15(21)19-7-5-6-18-14(20)11-8-12(17)10-13(9-11)22-4/h8-10H,5-7,17H2,1-4H3,(H,18,20)(H,19,21). The van der Waals surface area contributed by atoms with E-state index in [0.29, 0.717) is 36.5 Å². The maximum absolute atomic E-state index is 12.0. The topological polar surface area (TPSA) is 103 Å². The van der Waals surface area contributed by atoms with Gasteiger partial charge in [0, 0.05) is 30.4 Å². The van der Waals surface area contributed by atoms with Crippen molar-refractivity contribution < 1.29 is 19.1 Å². The first-order chi connectivity index (χ1) is 10.7. The van der Waals surface area contributed by atoms with Gasteiger partial charge in [-0.2, -0.15) is 0 Å². The smallest absolute Gasteiger partial charge is 0.407 e. The summed E-state index contributed by atoms with van der Waals surface area (Å²) in [5, 5.41) is 5.38. The Morgan fingerprint density at radius 2 is 1.78 bits per heavy atom. The summed E-state index contributed by atoms with van der Waals surface area (Å²) in [6.07, 6.45) is 0.120. The molecule has 0 radical (unpaired) electrons. The van der Waals surface area contributed by atoms with Crippen LogP contribution in [-0.4, -0.2) is 37.8 Å². The van der Waals surface area contributed by atoms with E-state index in [1.807, 2.05) is 0 Å². The Bertz CT molecular complexity index is 553. The molecule has 0 heterocycles. The largest absolute Gasteiger partial charge is 0.497 e. The van der Waals surface area contributed by atoms with Gasteiger partial charge in [0.2, 0.25) is 0 Å². The number of rotatable bonds is 6. The lowest BCUT2D eigenvalue weighted by atomic mass is 10.1. The summed E-state index contributed by atoms with van der Waals surface area (Å²) in [5.74, 6) is 0.287. The molecule has 1 aromatic rings. The van der Waals surface area contributed by atoms with Crippen LogP contribution in [0, 0.1) is 0 Å². The van der Waals surface area contributed by atoms with Crippen LogP contribution in [0.3, 0.4) is 0 Å². The molecule has 0 bridgehead atoms. The summed E-state index contributed by atoms with van der Waals surface area (Å²) in [5.41, 5.74) is 6.08. The normalized spacial score (nSPS) is 10.8. The Morgan fingerprint density at radius 3 is 2.39 bits per heavy atom. The van der Waals surface area contributed by atoms with Crippen molar-refractivity contribution in [3.05, 3.63) is 23.8 Å². The molecular formula is C16H25N3O4. The van der Waals surface area contributed by atoms with Crippen molar-refractivity contribution >= 4 is 17.7 Å². The van der Waals surface area contributed by atoms with Gasteiger partial charge in [0.15, 0.2) is 0 Å². The second kappa shape index (κ2) is 8.26. The van der Waals surface area contributed by atoms with Gasteiger partial charge in [-0.3, -0.25) is 4.79 Å². The lowest BCUT2D eigenvalue weighted by Crippen LogP contribution is -2.34. The van der Waals surface area contributed by atoms with E-state index in [1.54, 1.807) is 39.0 Å². The minimum atomic E-state index is -0.523. The van der Waals surface area contributed by atoms with Crippen molar-refractivity contribution in [1.82, 2.24) is 10.6 Å². The summed E-state index contributed by atoms with van der Waals surface area (Å²) in [4.78, 5) is 23.5. The van der Waals surface area contributed by atoms with Crippen LogP contribution in [0.25, 0.3) is 0 Å². The number of benzene rings is 1. The number of hydrogen-bond acceptors (Lipinski definition) is 5. The van der Waals surface area contributed by atoms with Gasteiger partial charge in [0.25, 0.3) is 5.91 Å². The Labute approximate surface area is 136 Å². The third-order valence-electron chi connectivity index (χ3n) is 2.73. The summed E-state index contributed by atoms with van der Waals surface area (Å²) >= 11 is 0. The fourth-order valence-electron chi connectivity index (χ4n) is 1.77. The molecule has 0 aliphatic heterocycles. The first kappa shape index (κ1) is 18.6. The van der Waals surface area contributed by atoms with E-state index >= 15 is 0 Å². The van der Waals surface area contributed by atoms with E-state index in [9.17, 15) is 9.59 Å². The molecule has 2 amide bonds. The molecule has 0 atom stereocenters. The van der Waals surface area contributed by atoms with Gasteiger partial charge in [0.1, 0.15) is 11.4 Å². The van der Waals surface area contributed by atoms with Gasteiger partial charge in [-0.15, -0.1) is 0 Å². The molecule has 0 saturated heterocycles. The number of hydrogen-bond donors (Lipinski definition) is 3. The first-order valence-electron chi connectivity index (χ1n) is 7.41. The average molecular weight is 323 g/mol. The van der Waals surface area contributed by atoms with Crippen LogP contribution in [0.15, 0.2) is 18.2 Å². The predicted octanol–water partition coefficient (Wildman–Crippen LogP) is 1.92. The highest BCUT2D eigenvalue weighted by Gasteiger charge is 2.15. The van der Waals surface area contributed by atoms with Gasteiger partial charge >= 0.3 is 6.09 Å². The van der Waals surface area contributed by atoms with E-state index in [4.69, 9.17) is 15.2 Å². The highest BCUT2D eigenvalue weighted by atomic mass is 16.6. The van der Waals surface area contributed by atoms with Gasteiger partial charge in [-0.05, 0) is 39.3 Å². The zero-order valence-corrected chi connectivity index (χ0v) is 14.1. The average Bonchev–Trinajstić information content (AvgIpc) is 2.44. The van der Waals surface area contributed by atoms with Gasteiger partial charge in [-0.25, -0.2) is 4.79 Å². The van der Waals surface area contributed by atoms with E-state index in [0.717, 1.165) is 0 Å². The molecule has 1 aromatic carbocycles. The van der Waals surface area contributed by atoms with Crippen LogP contribution in [0.5, 0.6) is 5.75 Å². The fraction of sp³-hybridized carbons (Fsp3) is 0.500. The number of nitrogens with two attached hydrogens (primary N) is 1. The Kier molecular flexibility index (Phi) is 6.68. The van der Waals surface area contributed by atoms with Crippen LogP contribution in [0.4, 0.5) is 10.5 Å². The van der Waals surface area contributed by atoms with Gasteiger partial charge in [-0.1, -0.05) is 0 Å². The Morgan fingerprint density at radius 1 is 1.13 bits per heavy atom. The highest BCUT2D eigenvalue weighted by molar-refractivity contribution is 5.95. The molecule has 128 valence electrons. The van der Waals surface area contributed by atoms with Crippen LogP contribution < -0.4 is 21.1 Å². The summed E-state index contributed by atoms with van der Waals surface area (Å²) in [7, 11) is 1.51. The van der Waals surface area contributed by atoms with Crippen molar-refractivity contribution in [1.29, 1.82) is 0 Å². The van der Waals surface area contributed by atoms with Crippen molar-refractivity contribution in [3.63, 3.8) is 0 Å². The van der Waals surface area contributed by atoms with Crippen LogP contribution in [0.1, 0.15) is 37.6 Å². The van der Waals surface area contributed by atoms with Gasteiger partial charge < -0.3 is 25.8 Å². The number of anilines is 1. The molecule has 0 aliphatic carbocycles. The maximum atomic E-state index is 12.0. The summed E-state index contributed by atoms with van der Waals surface area (Å²) in [6, 6.07) is 4.84. The third-order valence-corrected chi connectivity index (χ3v) is 2.73. The molecule has 0 saturated carbocycles. The molecular weight excluding hydrogens is 298 g/mol. The van der Waals surface area contributed by atoms with Crippen molar-refractivity contribution in [2.24, 2.45) is 0 Å². The number of methoxy groups -OCH3 is 1. The highest BCUT2D eigenvalue weighted by Crippen LogP contribution is 2.18. The van der Waals surface area contributed by atoms with Crippen LogP contribution >= 0.6 is 0 Å². The number of carbonyl (C=O) groups excluding carboxylic acids is 2. The number of nitrogens with one attached hydrogen (secondary N) is 2. The Hall–Kier alpha value is -2.44. The van der Waals surface area contributed by atoms with Crippen molar-refractivity contribution in [2.45, 2.75) is 32.8 Å².